The molecule has 0 aliphatic rings. The molecule has 0 spiro atoms. The third-order valence-corrected chi connectivity index (χ3v) is 5.53. The first-order valence-corrected chi connectivity index (χ1v) is 9.49. The van der Waals surface area contributed by atoms with E-state index >= 15 is 0 Å². The summed E-state index contributed by atoms with van der Waals surface area (Å²) in [5.74, 6) is 0.707. The van der Waals surface area contributed by atoms with Crippen LogP contribution in [0.25, 0.3) is 11.5 Å². The first kappa shape index (κ1) is 17.2. The van der Waals surface area contributed by atoms with Crippen molar-refractivity contribution in [3.63, 3.8) is 0 Å². The standard InChI is InChI=1S/C18H19N3O3S/c1-21(2)15-10-8-14(9-11-15)18-19-17(20-24-18)12-13-25(22,23)16-6-4-3-5-7-16/h3-11H,12-13H2,1-2H3. The molecule has 0 N–H and O–H groups in total. The van der Waals surface area contributed by atoms with Gasteiger partial charge in [0.25, 0.3) is 5.89 Å². The Morgan fingerprint density at radius 1 is 1.00 bits per heavy atom. The van der Waals surface area contributed by atoms with Gasteiger partial charge in [0.05, 0.1) is 10.6 Å². The summed E-state index contributed by atoms with van der Waals surface area (Å²) in [6.45, 7) is 0. The average molecular weight is 357 g/mol. The molecule has 130 valence electrons. The van der Waals surface area contributed by atoms with Crippen molar-refractivity contribution >= 4 is 15.5 Å². The average Bonchev–Trinajstić information content (AvgIpc) is 3.10. The molecular weight excluding hydrogens is 338 g/mol. The zero-order valence-corrected chi connectivity index (χ0v) is 14.9. The number of benzene rings is 2. The van der Waals surface area contributed by atoms with Crippen LogP contribution in [0.2, 0.25) is 0 Å². The van der Waals surface area contributed by atoms with E-state index in [4.69, 9.17) is 4.52 Å². The van der Waals surface area contributed by atoms with Gasteiger partial charge in [-0.05, 0) is 36.4 Å². The van der Waals surface area contributed by atoms with E-state index in [0.717, 1.165) is 11.3 Å². The first-order chi connectivity index (χ1) is 12.0. The maximum atomic E-state index is 12.3. The van der Waals surface area contributed by atoms with E-state index in [1.165, 1.54) is 0 Å². The molecule has 0 fully saturated rings. The van der Waals surface area contributed by atoms with Crippen LogP contribution in [0, 0.1) is 0 Å². The maximum Gasteiger partial charge on any atom is 0.257 e. The fraction of sp³-hybridized carbons (Fsp3) is 0.222. The van der Waals surface area contributed by atoms with Gasteiger partial charge >= 0.3 is 0 Å². The minimum atomic E-state index is -3.36. The Morgan fingerprint density at radius 2 is 1.68 bits per heavy atom. The molecule has 1 aromatic heterocycles. The Hall–Kier alpha value is -2.67. The van der Waals surface area contributed by atoms with Crippen LogP contribution in [0.3, 0.4) is 0 Å². The number of hydrogen-bond donors (Lipinski definition) is 0. The molecule has 0 atom stereocenters. The molecule has 0 radical (unpaired) electrons. The lowest BCUT2D eigenvalue weighted by Gasteiger charge is -2.11. The smallest absolute Gasteiger partial charge is 0.257 e. The molecule has 1 heterocycles. The van der Waals surface area contributed by atoms with Gasteiger partial charge in [-0.1, -0.05) is 23.4 Å². The second-order valence-electron chi connectivity index (χ2n) is 5.84. The monoisotopic (exact) mass is 357 g/mol. The van der Waals surface area contributed by atoms with E-state index in [-0.39, 0.29) is 12.2 Å². The number of rotatable bonds is 6. The minimum absolute atomic E-state index is 0.0600. The summed E-state index contributed by atoms with van der Waals surface area (Å²) in [7, 11) is 0.574. The van der Waals surface area contributed by atoms with Crippen LogP contribution in [0.15, 0.2) is 64.0 Å². The van der Waals surface area contributed by atoms with Crippen LogP contribution in [0.5, 0.6) is 0 Å². The van der Waals surface area contributed by atoms with Crippen LogP contribution >= 0.6 is 0 Å². The largest absolute Gasteiger partial charge is 0.378 e. The lowest BCUT2D eigenvalue weighted by atomic mass is 10.2. The van der Waals surface area contributed by atoms with Crippen molar-refractivity contribution in [2.75, 3.05) is 24.7 Å². The van der Waals surface area contributed by atoms with E-state index in [1.54, 1.807) is 30.3 Å². The van der Waals surface area contributed by atoms with Gasteiger partial charge < -0.3 is 9.42 Å². The molecule has 0 bridgehead atoms. The first-order valence-electron chi connectivity index (χ1n) is 7.84. The van der Waals surface area contributed by atoms with Crippen LogP contribution < -0.4 is 4.90 Å². The van der Waals surface area contributed by atoms with Gasteiger partial charge in [-0.25, -0.2) is 8.42 Å². The molecule has 0 aliphatic heterocycles. The van der Waals surface area contributed by atoms with Crippen molar-refractivity contribution in [3.8, 4) is 11.5 Å². The van der Waals surface area contributed by atoms with Gasteiger partial charge in [0, 0.05) is 31.8 Å². The van der Waals surface area contributed by atoms with Crippen molar-refractivity contribution in [1.29, 1.82) is 0 Å². The van der Waals surface area contributed by atoms with Gasteiger partial charge in [0.2, 0.25) is 0 Å². The van der Waals surface area contributed by atoms with Crippen molar-refractivity contribution in [1.82, 2.24) is 10.1 Å². The van der Waals surface area contributed by atoms with Crippen molar-refractivity contribution < 1.29 is 12.9 Å². The summed E-state index contributed by atoms with van der Waals surface area (Å²) in [5.41, 5.74) is 1.87. The lowest BCUT2D eigenvalue weighted by molar-refractivity contribution is 0.423. The maximum absolute atomic E-state index is 12.3. The molecule has 3 aromatic rings. The molecule has 3 rings (SSSR count). The fourth-order valence-corrected chi connectivity index (χ4v) is 3.61. The Labute approximate surface area is 147 Å². The molecule has 0 aliphatic carbocycles. The van der Waals surface area contributed by atoms with Gasteiger partial charge in [0.15, 0.2) is 15.7 Å². The highest BCUT2D eigenvalue weighted by Gasteiger charge is 2.16. The molecule has 0 saturated carbocycles. The summed E-state index contributed by atoms with van der Waals surface area (Å²) in [6, 6.07) is 16.1. The molecule has 7 heteroatoms. The van der Waals surface area contributed by atoms with Crippen molar-refractivity contribution in [2.24, 2.45) is 0 Å². The predicted molar refractivity (Wildman–Crippen MR) is 96.3 cm³/mol. The molecular formula is C18H19N3O3S. The van der Waals surface area contributed by atoms with Gasteiger partial charge in [0.1, 0.15) is 0 Å². The fourth-order valence-electron chi connectivity index (χ4n) is 2.35. The second-order valence-corrected chi connectivity index (χ2v) is 7.95. The highest BCUT2D eigenvalue weighted by molar-refractivity contribution is 7.91. The summed E-state index contributed by atoms with van der Waals surface area (Å²) in [6.07, 6.45) is 0.205. The zero-order chi connectivity index (χ0) is 17.9. The highest BCUT2D eigenvalue weighted by Crippen LogP contribution is 2.21. The van der Waals surface area contributed by atoms with E-state index < -0.39 is 9.84 Å². The highest BCUT2D eigenvalue weighted by atomic mass is 32.2. The lowest BCUT2D eigenvalue weighted by Crippen LogP contribution is -2.09. The van der Waals surface area contributed by atoms with Gasteiger partial charge in [-0.3, -0.25) is 0 Å². The Bertz CT molecular complexity index is 933. The number of sulfone groups is 1. The molecule has 6 nitrogen and oxygen atoms in total. The number of hydrogen-bond acceptors (Lipinski definition) is 6. The number of aryl methyl sites for hydroxylation is 1. The van der Waals surface area contributed by atoms with Crippen molar-refractivity contribution in [2.45, 2.75) is 11.3 Å². The molecule has 0 unspecified atom stereocenters. The summed E-state index contributed by atoms with van der Waals surface area (Å²) in [5, 5.41) is 3.89. The summed E-state index contributed by atoms with van der Waals surface area (Å²) >= 11 is 0. The van der Waals surface area contributed by atoms with E-state index in [1.807, 2.05) is 43.3 Å². The Kier molecular flexibility index (Phi) is 4.85. The summed E-state index contributed by atoms with van der Waals surface area (Å²) < 4.78 is 29.8. The predicted octanol–water partition coefficient (Wildman–Crippen LogP) is 2.82. The van der Waals surface area contributed by atoms with Crippen LogP contribution in [-0.2, 0) is 16.3 Å². The van der Waals surface area contributed by atoms with E-state index in [9.17, 15) is 8.42 Å². The zero-order valence-electron chi connectivity index (χ0n) is 14.1. The third-order valence-electron chi connectivity index (χ3n) is 3.80. The van der Waals surface area contributed by atoms with Crippen LogP contribution in [-0.4, -0.2) is 38.4 Å². The topological polar surface area (TPSA) is 76.3 Å². The normalized spacial score (nSPS) is 11.4. The number of nitrogens with zero attached hydrogens (tertiary/aromatic N) is 3. The minimum Gasteiger partial charge on any atom is -0.378 e. The number of anilines is 1. The summed E-state index contributed by atoms with van der Waals surface area (Å²) in [4.78, 5) is 6.60. The quantitative estimate of drug-likeness (QED) is 0.675. The van der Waals surface area contributed by atoms with Gasteiger partial charge in [-0.2, -0.15) is 4.98 Å². The Morgan fingerprint density at radius 3 is 2.32 bits per heavy atom. The third kappa shape index (κ3) is 4.06. The SMILES string of the molecule is CN(C)c1ccc(-c2nc(CCS(=O)(=O)c3ccccc3)no2)cc1. The molecule has 25 heavy (non-hydrogen) atoms. The van der Waals surface area contributed by atoms with E-state index in [2.05, 4.69) is 10.1 Å². The van der Waals surface area contributed by atoms with Crippen LogP contribution in [0.4, 0.5) is 5.69 Å². The number of aromatic nitrogens is 2. The second kappa shape index (κ2) is 7.06. The molecule has 0 amide bonds. The van der Waals surface area contributed by atoms with E-state index in [0.29, 0.717) is 16.6 Å². The Balaban J connectivity index is 1.70. The molecule has 2 aromatic carbocycles. The van der Waals surface area contributed by atoms with Crippen LogP contribution in [0.1, 0.15) is 5.82 Å². The van der Waals surface area contributed by atoms with Crippen molar-refractivity contribution in [3.05, 3.63) is 60.4 Å². The molecule has 0 saturated heterocycles. The van der Waals surface area contributed by atoms with Gasteiger partial charge in [-0.15, -0.1) is 0 Å².